The minimum Gasteiger partial charge on any atom is -0.481 e. The lowest BCUT2D eigenvalue weighted by atomic mass is 9.84. The van der Waals surface area contributed by atoms with Crippen LogP contribution in [0.15, 0.2) is 0 Å². The quantitative estimate of drug-likeness (QED) is 0.757. The molecule has 0 saturated carbocycles. The van der Waals surface area contributed by atoms with Gasteiger partial charge in [-0.25, -0.2) is 4.79 Å². The van der Waals surface area contributed by atoms with Crippen LogP contribution in [-0.4, -0.2) is 66.0 Å². The molecule has 1 atom stereocenters. The third-order valence-electron chi connectivity index (χ3n) is 4.03. The van der Waals surface area contributed by atoms with Gasteiger partial charge >= 0.3 is 12.0 Å². The van der Waals surface area contributed by atoms with Crippen molar-refractivity contribution in [2.75, 3.05) is 33.2 Å². The number of aliphatic carboxylic acids is 1. The summed E-state index contributed by atoms with van der Waals surface area (Å²) in [6.07, 6.45) is 1.79. The van der Waals surface area contributed by atoms with Crippen LogP contribution in [0.3, 0.4) is 0 Å². The molecule has 1 saturated heterocycles. The first-order valence-electron chi connectivity index (χ1n) is 7.36. The summed E-state index contributed by atoms with van der Waals surface area (Å²) in [6.45, 7) is 4.97. The van der Waals surface area contributed by atoms with Gasteiger partial charge in [-0.3, -0.25) is 9.59 Å². The van der Waals surface area contributed by atoms with E-state index in [-0.39, 0.29) is 25.0 Å². The van der Waals surface area contributed by atoms with Crippen molar-refractivity contribution in [2.45, 2.75) is 33.1 Å². The highest BCUT2D eigenvalue weighted by molar-refractivity contribution is 5.85. The summed E-state index contributed by atoms with van der Waals surface area (Å²) in [5.74, 6) is -1.06. The molecular formula is C14H25N3O4. The first kappa shape index (κ1) is 17.3. The summed E-state index contributed by atoms with van der Waals surface area (Å²) in [4.78, 5) is 38.1. The number of hydrogen-bond donors (Lipinski definition) is 2. The van der Waals surface area contributed by atoms with E-state index in [0.717, 1.165) is 6.42 Å². The molecule has 2 N–H and O–H groups in total. The molecule has 1 unspecified atom stereocenters. The minimum atomic E-state index is -0.858. The Morgan fingerprint density at radius 1 is 1.33 bits per heavy atom. The van der Waals surface area contributed by atoms with E-state index in [4.69, 9.17) is 0 Å². The lowest BCUT2D eigenvalue weighted by Crippen LogP contribution is -2.46. The molecule has 21 heavy (non-hydrogen) atoms. The van der Waals surface area contributed by atoms with Crippen molar-refractivity contribution in [3.63, 3.8) is 0 Å². The third kappa shape index (κ3) is 4.09. The highest BCUT2D eigenvalue weighted by atomic mass is 16.4. The molecule has 0 radical (unpaired) electrons. The molecule has 1 rings (SSSR count). The number of carbonyl (C=O) groups is 3. The zero-order chi connectivity index (χ0) is 16.0. The van der Waals surface area contributed by atoms with Crippen molar-refractivity contribution in [1.82, 2.24) is 15.1 Å². The van der Waals surface area contributed by atoms with Gasteiger partial charge in [-0.15, -0.1) is 0 Å². The molecule has 0 spiro atoms. The molecule has 1 aliphatic rings. The maximum atomic E-state index is 12.3. The maximum absolute atomic E-state index is 12.3. The van der Waals surface area contributed by atoms with Crippen LogP contribution in [0.5, 0.6) is 0 Å². The Hall–Kier alpha value is -1.79. The summed E-state index contributed by atoms with van der Waals surface area (Å²) in [5, 5.41) is 12.0. The summed E-state index contributed by atoms with van der Waals surface area (Å²) >= 11 is 0. The van der Waals surface area contributed by atoms with Crippen LogP contribution in [0.25, 0.3) is 0 Å². The monoisotopic (exact) mass is 299 g/mol. The van der Waals surface area contributed by atoms with Crippen LogP contribution >= 0.6 is 0 Å². The molecule has 7 heteroatoms. The molecule has 0 bridgehead atoms. The lowest BCUT2D eigenvalue weighted by Gasteiger charge is -2.26. The predicted octanol–water partition coefficient (Wildman–Crippen LogP) is 0.751. The van der Waals surface area contributed by atoms with Crippen molar-refractivity contribution in [2.24, 2.45) is 5.41 Å². The van der Waals surface area contributed by atoms with Crippen LogP contribution in [0.1, 0.15) is 33.1 Å². The second kappa shape index (κ2) is 7.28. The molecule has 7 nitrogen and oxygen atoms in total. The van der Waals surface area contributed by atoms with Crippen LogP contribution in [0.2, 0.25) is 0 Å². The highest BCUT2D eigenvalue weighted by Crippen LogP contribution is 2.34. The van der Waals surface area contributed by atoms with Crippen LogP contribution in [-0.2, 0) is 9.59 Å². The van der Waals surface area contributed by atoms with E-state index in [9.17, 15) is 19.5 Å². The van der Waals surface area contributed by atoms with Crippen LogP contribution in [0, 0.1) is 5.41 Å². The zero-order valence-electron chi connectivity index (χ0n) is 13.0. The van der Waals surface area contributed by atoms with Crippen molar-refractivity contribution >= 4 is 17.9 Å². The molecule has 0 aliphatic carbocycles. The van der Waals surface area contributed by atoms with Gasteiger partial charge in [0.15, 0.2) is 0 Å². The van der Waals surface area contributed by atoms with E-state index >= 15 is 0 Å². The summed E-state index contributed by atoms with van der Waals surface area (Å²) in [7, 11) is 1.56. The first-order valence-corrected chi connectivity index (χ1v) is 7.36. The van der Waals surface area contributed by atoms with E-state index < -0.39 is 11.4 Å². The molecular weight excluding hydrogens is 274 g/mol. The van der Waals surface area contributed by atoms with Crippen molar-refractivity contribution in [3.8, 4) is 0 Å². The smallest absolute Gasteiger partial charge is 0.320 e. The summed E-state index contributed by atoms with van der Waals surface area (Å²) in [5.41, 5.74) is -0.846. The van der Waals surface area contributed by atoms with E-state index in [1.807, 2.05) is 13.8 Å². The van der Waals surface area contributed by atoms with Crippen molar-refractivity contribution in [3.05, 3.63) is 0 Å². The number of carboxylic acid groups (broad SMARTS) is 1. The predicted molar refractivity (Wildman–Crippen MR) is 77.9 cm³/mol. The van der Waals surface area contributed by atoms with Gasteiger partial charge in [-0.05, 0) is 19.3 Å². The van der Waals surface area contributed by atoms with Crippen molar-refractivity contribution in [1.29, 1.82) is 0 Å². The Morgan fingerprint density at radius 3 is 2.48 bits per heavy atom. The number of urea groups is 1. The fourth-order valence-electron chi connectivity index (χ4n) is 2.49. The second-order valence-electron chi connectivity index (χ2n) is 5.60. The van der Waals surface area contributed by atoms with E-state index in [2.05, 4.69) is 5.32 Å². The normalized spacial score (nSPS) is 21.2. The average Bonchev–Trinajstić information content (AvgIpc) is 2.90. The number of amides is 3. The molecule has 1 aliphatic heterocycles. The van der Waals surface area contributed by atoms with Crippen molar-refractivity contribution < 1.29 is 19.5 Å². The fourth-order valence-corrected chi connectivity index (χ4v) is 2.49. The van der Waals surface area contributed by atoms with Gasteiger partial charge in [-0.1, -0.05) is 13.8 Å². The number of hydrogen-bond acceptors (Lipinski definition) is 3. The van der Waals surface area contributed by atoms with Crippen LogP contribution in [0.4, 0.5) is 4.79 Å². The minimum absolute atomic E-state index is 0.0124. The number of rotatable bonds is 6. The molecule has 1 heterocycles. The van der Waals surface area contributed by atoms with E-state index in [0.29, 0.717) is 25.9 Å². The Labute approximate surface area is 125 Å². The summed E-state index contributed by atoms with van der Waals surface area (Å²) < 4.78 is 0. The number of nitrogens with one attached hydrogen (secondary N) is 1. The maximum Gasteiger partial charge on any atom is 0.320 e. The Kier molecular flexibility index (Phi) is 5.99. The number of likely N-dealkylation sites (N-methyl/N-ethyl adjacent to an activating group) is 1. The van der Waals surface area contributed by atoms with E-state index in [1.54, 1.807) is 7.05 Å². The average molecular weight is 299 g/mol. The highest BCUT2D eigenvalue weighted by Gasteiger charge is 2.45. The Morgan fingerprint density at radius 2 is 2.00 bits per heavy atom. The molecule has 3 amide bonds. The topological polar surface area (TPSA) is 90.0 Å². The van der Waals surface area contributed by atoms with E-state index in [1.165, 1.54) is 9.80 Å². The number of carbonyl (C=O) groups excluding carboxylic acids is 2. The molecule has 0 aromatic heterocycles. The second-order valence-corrected chi connectivity index (χ2v) is 5.60. The SMILES string of the molecule is CCCNC(=O)CN(C)C(=O)N1CCC(CC)(C(=O)O)C1. The van der Waals surface area contributed by atoms with Gasteiger partial charge < -0.3 is 20.2 Å². The van der Waals surface area contributed by atoms with Crippen LogP contribution < -0.4 is 5.32 Å². The Balaban J connectivity index is 2.56. The zero-order valence-corrected chi connectivity index (χ0v) is 13.0. The largest absolute Gasteiger partial charge is 0.481 e. The standard InChI is InChI=1S/C14H25N3O4/c1-4-7-15-11(18)9-16(3)13(21)17-8-6-14(5-2,10-17)12(19)20/h4-10H2,1-3H3,(H,15,18)(H,19,20). The van der Waals surface area contributed by atoms with Gasteiger partial charge in [0.2, 0.25) is 5.91 Å². The van der Waals surface area contributed by atoms with Gasteiger partial charge in [0, 0.05) is 26.7 Å². The molecule has 0 aromatic carbocycles. The molecule has 120 valence electrons. The third-order valence-corrected chi connectivity index (χ3v) is 4.03. The van der Waals surface area contributed by atoms with Gasteiger partial charge in [0.1, 0.15) is 6.54 Å². The van der Waals surface area contributed by atoms with Gasteiger partial charge in [0.25, 0.3) is 0 Å². The fraction of sp³-hybridized carbons (Fsp3) is 0.786. The number of likely N-dealkylation sites (tertiary alicyclic amines) is 1. The lowest BCUT2D eigenvalue weighted by molar-refractivity contribution is -0.148. The number of nitrogens with zero attached hydrogens (tertiary/aromatic N) is 2. The first-order chi connectivity index (χ1) is 9.86. The summed E-state index contributed by atoms with van der Waals surface area (Å²) in [6, 6.07) is -0.293. The van der Waals surface area contributed by atoms with Gasteiger partial charge in [-0.2, -0.15) is 0 Å². The van der Waals surface area contributed by atoms with Gasteiger partial charge in [0.05, 0.1) is 5.41 Å². The Bertz CT molecular complexity index is 413. The molecule has 1 fully saturated rings. The molecule has 0 aromatic rings. The number of carboxylic acids is 1.